The molecule has 0 bridgehead atoms. The average molecular weight is 243 g/mol. The lowest BCUT2D eigenvalue weighted by Crippen LogP contribution is -1.91. The molecule has 0 saturated carbocycles. The van der Waals surface area contributed by atoms with Gasteiger partial charge in [0.15, 0.2) is 0 Å². The summed E-state index contributed by atoms with van der Waals surface area (Å²) < 4.78 is 0. The zero-order valence-electron chi connectivity index (χ0n) is 9.37. The summed E-state index contributed by atoms with van der Waals surface area (Å²) >= 11 is 6.05. The van der Waals surface area contributed by atoms with E-state index in [4.69, 9.17) is 16.9 Å². The first-order chi connectivity index (χ1) is 8.19. The Balaban J connectivity index is 2.25. The van der Waals surface area contributed by atoms with Crippen molar-refractivity contribution in [2.24, 2.45) is 0 Å². The van der Waals surface area contributed by atoms with Crippen LogP contribution in [0, 0.1) is 18.3 Å². The van der Waals surface area contributed by atoms with Gasteiger partial charge < -0.3 is 5.32 Å². The lowest BCUT2D eigenvalue weighted by molar-refractivity contribution is 1.44. The van der Waals surface area contributed by atoms with Crippen LogP contribution in [0.1, 0.15) is 11.1 Å². The van der Waals surface area contributed by atoms with Gasteiger partial charge in [0.2, 0.25) is 0 Å². The van der Waals surface area contributed by atoms with Gasteiger partial charge >= 0.3 is 0 Å². The maximum atomic E-state index is 8.81. The summed E-state index contributed by atoms with van der Waals surface area (Å²) in [6, 6.07) is 15.2. The number of aryl methyl sites for hydroxylation is 1. The lowest BCUT2D eigenvalue weighted by atomic mass is 10.2. The van der Waals surface area contributed by atoms with Crippen LogP contribution >= 0.6 is 11.6 Å². The fourth-order valence-electron chi connectivity index (χ4n) is 1.50. The van der Waals surface area contributed by atoms with Crippen molar-refractivity contribution >= 4 is 23.0 Å². The van der Waals surface area contributed by atoms with E-state index in [0.717, 1.165) is 22.0 Å². The molecule has 0 aliphatic carbocycles. The molecule has 0 fully saturated rings. The number of anilines is 2. The Labute approximate surface area is 105 Å². The van der Waals surface area contributed by atoms with E-state index < -0.39 is 0 Å². The highest BCUT2D eigenvalue weighted by molar-refractivity contribution is 6.31. The van der Waals surface area contributed by atoms with Crippen LogP contribution in [0.15, 0.2) is 42.5 Å². The van der Waals surface area contributed by atoms with Gasteiger partial charge in [0.25, 0.3) is 0 Å². The predicted octanol–water partition coefficient (Wildman–Crippen LogP) is 4.26. The molecule has 3 heteroatoms. The van der Waals surface area contributed by atoms with E-state index in [1.54, 1.807) is 12.1 Å². The van der Waals surface area contributed by atoms with Gasteiger partial charge in [0.05, 0.1) is 11.6 Å². The summed E-state index contributed by atoms with van der Waals surface area (Å²) in [6.45, 7) is 1.96. The van der Waals surface area contributed by atoms with Crippen LogP contribution in [0.4, 0.5) is 11.4 Å². The highest BCUT2D eigenvalue weighted by Gasteiger charge is 1.99. The molecule has 0 unspecified atom stereocenters. The Morgan fingerprint density at radius 2 is 1.88 bits per heavy atom. The minimum Gasteiger partial charge on any atom is -0.355 e. The monoisotopic (exact) mass is 242 g/mol. The van der Waals surface area contributed by atoms with Crippen molar-refractivity contribution in [1.29, 1.82) is 5.26 Å². The van der Waals surface area contributed by atoms with Crippen LogP contribution in [0.25, 0.3) is 0 Å². The smallest absolute Gasteiger partial charge is 0.0992 e. The summed E-state index contributed by atoms with van der Waals surface area (Å²) in [5.41, 5.74) is 3.47. The first-order valence-corrected chi connectivity index (χ1v) is 5.60. The summed E-state index contributed by atoms with van der Waals surface area (Å²) in [5.74, 6) is 0. The highest BCUT2D eigenvalue weighted by Crippen LogP contribution is 2.23. The maximum Gasteiger partial charge on any atom is 0.0992 e. The molecule has 0 spiro atoms. The number of nitrogens with one attached hydrogen (secondary N) is 1. The molecule has 1 N–H and O–H groups in total. The molecule has 2 nitrogen and oxygen atoms in total. The quantitative estimate of drug-likeness (QED) is 0.854. The second-order valence-electron chi connectivity index (χ2n) is 3.78. The molecule has 0 amide bonds. The van der Waals surface area contributed by atoms with Crippen molar-refractivity contribution < 1.29 is 0 Å². The third-order valence-electron chi connectivity index (χ3n) is 2.45. The lowest BCUT2D eigenvalue weighted by Gasteiger charge is -2.08. The zero-order valence-corrected chi connectivity index (χ0v) is 10.1. The molecule has 0 heterocycles. The number of halogens is 1. The van der Waals surface area contributed by atoms with E-state index in [2.05, 4.69) is 11.4 Å². The van der Waals surface area contributed by atoms with Crippen molar-refractivity contribution in [1.82, 2.24) is 0 Å². The van der Waals surface area contributed by atoms with Gasteiger partial charge in [-0.25, -0.2) is 0 Å². The fourth-order valence-corrected chi connectivity index (χ4v) is 1.68. The summed E-state index contributed by atoms with van der Waals surface area (Å²) in [7, 11) is 0. The van der Waals surface area contributed by atoms with Crippen molar-refractivity contribution in [3.05, 3.63) is 58.6 Å². The minimum atomic E-state index is 0.633. The van der Waals surface area contributed by atoms with Gasteiger partial charge in [-0.2, -0.15) is 5.26 Å². The van der Waals surface area contributed by atoms with Crippen LogP contribution < -0.4 is 5.32 Å². The number of hydrogen-bond donors (Lipinski definition) is 1. The van der Waals surface area contributed by atoms with Crippen LogP contribution in [-0.4, -0.2) is 0 Å². The molecule has 2 aromatic rings. The standard InChI is InChI=1S/C14H11ClN2/c1-10-5-6-13(8-14(10)15)17-12-4-2-3-11(7-12)9-16/h2-8,17H,1H3. The molecule has 0 aliphatic rings. The third kappa shape index (κ3) is 2.77. The van der Waals surface area contributed by atoms with Crippen LogP contribution in [0.5, 0.6) is 0 Å². The van der Waals surface area contributed by atoms with E-state index in [1.807, 2.05) is 37.3 Å². The van der Waals surface area contributed by atoms with Crippen LogP contribution in [0.3, 0.4) is 0 Å². The van der Waals surface area contributed by atoms with Gasteiger partial charge in [0.1, 0.15) is 0 Å². The van der Waals surface area contributed by atoms with Gasteiger partial charge in [-0.3, -0.25) is 0 Å². The minimum absolute atomic E-state index is 0.633. The van der Waals surface area contributed by atoms with Crippen molar-refractivity contribution in [2.75, 3.05) is 5.32 Å². The average Bonchev–Trinajstić information content (AvgIpc) is 2.34. The largest absolute Gasteiger partial charge is 0.355 e. The zero-order chi connectivity index (χ0) is 12.3. The first kappa shape index (κ1) is 11.5. The molecule has 0 atom stereocenters. The van der Waals surface area contributed by atoms with E-state index in [0.29, 0.717) is 5.56 Å². The molecule has 0 aromatic heterocycles. The number of rotatable bonds is 2. The Morgan fingerprint density at radius 1 is 1.12 bits per heavy atom. The van der Waals surface area contributed by atoms with Crippen molar-refractivity contribution in [2.45, 2.75) is 6.92 Å². The molecular formula is C14H11ClN2. The number of benzene rings is 2. The van der Waals surface area contributed by atoms with Gasteiger partial charge in [-0.1, -0.05) is 23.7 Å². The SMILES string of the molecule is Cc1ccc(Nc2cccc(C#N)c2)cc1Cl. The molecule has 2 rings (SSSR count). The summed E-state index contributed by atoms with van der Waals surface area (Å²) in [5, 5.41) is 12.7. The second kappa shape index (κ2) is 4.90. The van der Waals surface area contributed by atoms with Crippen molar-refractivity contribution in [3.8, 4) is 6.07 Å². The number of hydrogen-bond acceptors (Lipinski definition) is 2. The fraction of sp³-hybridized carbons (Fsp3) is 0.0714. The summed E-state index contributed by atoms with van der Waals surface area (Å²) in [6.07, 6.45) is 0. The summed E-state index contributed by atoms with van der Waals surface area (Å²) in [4.78, 5) is 0. The second-order valence-corrected chi connectivity index (χ2v) is 4.19. The number of nitriles is 1. The maximum absolute atomic E-state index is 8.81. The third-order valence-corrected chi connectivity index (χ3v) is 2.86. The molecule has 0 saturated heterocycles. The normalized spacial score (nSPS) is 9.71. The Morgan fingerprint density at radius 3 is 2.59 bits per heavy atom. The van der Waals surface area contributed by atoms with Crippen molar-refractivity contribution in [3.63, 3.8) is 0 Å². The predicted molar refractivity (Wildman–Crippen MR) is 70.6 cm³/mol. The first-order valence-electron chi connectivity index (χ1n) is 5.22. The van der Waals surface area contributed by atoms with E-state index in [9.17, 15) is 0 Å². The molecule has 0 radical (unpaired) electrons. The van der Waals surface area contributed by atoms with Gasteiger partial charge in [0, 0.05) is 16.4 Å². The molecule has 17 heavy (non-hydrogen) atoms. The van der Waals surface area contributed by atoms with Gasteiger partial charge in [-0.15, -0.1) is 0 Å². The topological polar surface area (TPSA) is 35.8 Å². The molecule has 84 valence electrons. The van der Waals surface area contributed by atoms with Crippen LogP contribution in [0.2, 0.25) is 5.02 Å². The van der Waals surface area contributed by atoms with E-state index >= 15 is 0 Å². The molecule has 0 aliphatic heterocycles. The van der Waals surface area contributed by atoms with Gasteiger partial charge in [-0.05, 0) is 42.8 Å². The Kier molecular flexibility index (Phi) is 3.32. The highest BCUT2D eigenvalue weighted by atomic mass is 35.5. The Hall–Kier alpha value is -1.98. The Bertz CT molecular complexity index is 585. The van der Waals surface area contributed by atoms with Crippen LogP contribution in [-0.2, 0) is 0 Å². The van der Waals surface area contributed by atoms with E-state index in [1.165, 1.54) is 0 Å². The number of nitrogens with zero attached hydrogens (tertiary/aromatic N) is 1. The molecule has 2 aromatic carbocycles. The van der Waals surface area contributed by atoms with E-state index in [-0.39, 0.29) is 0 Å². The molecular weight excluding hydrogens is 232 g/mol.